The van der Waals surface area contributed by atoms with Crippen molar-refractivity contribution in [3.05, 3.63) is 23.1 Å². The highest BCUT2D eigenvalue weighted by molar-refractivity contribution is 7.84. The molecule has 1 aliphatic heterocycles. The fourth-order valence-corrected chi connectivity index (χ4v) is 3.44. The second-order valence-electron chi connectivity index (χ2n) is 6.23. The maximum atomic E-state index is 9.75. The van der Waals surface area contributed by atoms with E-state index in [0.29, 0.717) is 6.04 Å². The minimum absolute atomic E-state index is 0.164. The van der Waals surface area contributed by atoms with Gasteiger partial charge >= 0.3 is 0 Å². The Balaban J connectivity index is 2.72. The zero-order valence-electron chi connectivity index (χ0n) is 13.5. The van der Waals surface area contributed by atoms with Gasteiger partial charge in [-0.25, -0.2) is 0 Å². The molecule has 2 unspecified atom stereocenters. The van der Waals surface area contributed by atoms with E-state index in [1.165, 1.54) is 6.08 Å². The van der Waals surface area contributed by atoms with Crippen LogP contribution in [0.1, 0.15) is 33.1 Å². The zero-order chi connectivity index (χ0) is 16.6. The van der Waals surface area contributed by atoms with Crippen LogP contribution in [0, 0.1) is 34.0 Å². The molecular weight excluding hydrogens is 292 g/mol. The number of nitrogens with zero attached hydrogens (tertiary/aromatic N) is 3. The van der Waals surface area contributed by atoms with Gasteiger partial charge in [-0.1, -0.05) is 26.0 Å². The Morgan fingerprint density at radius 1 is 1.50 bits per heavy atom. The monoisotopic (exact) mass is 318 g/mol. The summed E-state index contributed by atoms with van der Waals surface area (Å²) in [7, 11) is 0. The molecule has 0 aliphatic carbocycles. The highest BCUT2D eigenvalue weighted by atomic mass is 32.1. The third kappa shape index (κ3) is 4.88. The molecule has 1 rings (SSSR count). The first-order valence-corrected chi connectivity index (χ1v) is 8.26. The first-order valence-electron chi connectivity index (χ1n) is 7.81. The van der Waals surface area contributed by atoms with Gasteiger partial charge in [0.05, 0.1) is 17.6 Å². The first-order chi connectivity index (χ1) is 10.5. The van der Waals surface area contributed by atoms with Gasteiger partial charge in [-0.3, -0.25) is 0 Å². The fourth-order valence-electron chi connectivity index (χ4n) is 2.93. The van der Waals surface area contributed by atoms with Crippen LogP contribution < -0.4 is 5.73 Å². The van der Waals surface area contributed by atoms with Gasteiger partial charge < -0.3 is 10.6 Å². The van der Waals surface area contributed by atoms with Gasteiger partial charge in [-0.05, 0) is 38.3 Å². The number of hydrogen-bond donors (Lipinski definition) is 2. The molecular formula is C17H26N4S. The lowest BCUT2D eigenvalue weighted by molar-refractivity contribution is 0.272. The summed E-state index contributed by atoms with van der Waals surface area (Å²) >= 11 is 4.54. The van der Waals surface area contributed by atoms with Gasteiger partial charge in [-0.15, -0.1) is 12.6 Å². The van der Waals surface area contributed by atoms with Gasteiger partial charge in [0, 0.05) is 23.6 Å². The van der Waals surface area contributed by atoms with Crippen LogP contribution in [0.5, 0.6) is 0 Å². The molecule has 4 nitrogen and oxygen atoms in total. The fraction of sp³-hybridized carbons (Fsp3) is 0.647. The van der Waals surface area contributed by atoms with E-state index in [2.05, 4.69) is 23.6 Å². The number of likely N-dealkylation sites (tertiary alicyclic amines) is 1. The van der Waals surface area contributed by atoms with E-state index in [1.54, 1.807) is 12.2 Å². The van der Waals surface area contributed by atoms with Gasteiger partial charge in [0.25, 0.3) is 0 Å². The standard InChI is InChI=1S/C17H26N4S/c1-14(2)17(13-19,16(22)6-3-4-9-18)8-5-10-21-11-7-15(20)12-21/h3-4,6,14-15,22H,5,7-8,10-12,20H2,1-2H3/b4-3+,16-6-. The second-order valence-corrected chi connectivity index (χ2v) is 6.71. The maximum absolute atomic E-state index is 9.75. The number of hydrogen-bond acceptors (Lipinski definition) is 5. The minimum Gasteiger partial charge on any atom is -0.326 e. The highest BCUT2D eigenvalue weighted by Crippen LogP contribution is 2.41. The van der Waals surface area contributed by atoms with Gasteiger partial charge in [0.2, 0.25) is 0 Å². The molecule has 22 heavy (non-hydrogen) atoms. The number of nitrogens with two attached hydrogens (primary N) is 1. The van der Waals surface area contributed by atoms with Crippen molar-refractivity contribution in [2.45, 2.75) is 39.2 Å². The molecule has 120 valence electrons. The predicted octanol–water partition coefficient (Wildman–Crippen LogP) is 2.86. The normalized spacial score (nSPS) is 22.7. The van der Waals surface area contributed by atoms with Crippen LogP contribution in [-0.2, 0) is 0 Å². The maximum Gasteiger partial charge on any atom is 0.0912 e. The average Bonchev–Trinajstić information content (AvgIpc) is 2.89. The summed E-state index contributed by atoms with van der Waals surface area (Å²) in [6.45, 7) is 7.08. The van der Waals surface area contributed by atoms with E-state index in [1.807, 2.05) is 19.9 Å². The smallest absolute Gasteiger partial charge is 0.0912 e. The summed E-state index contributed by atoms with van der Waals surface area (Å²) in [6, 6.07) is 4.71. The number of nitriles is 2. The van der Waals surface area contributed by atoms with E-state index < -0.39 is 5.41 Å². The van der Waals surface area contributed by atoms with Crippen LogP contribution in [0.4, 0.5) is 0 Å². The lowest BCUT2D eigenvalue weighted by Crippen LogP contribution is -2.30. The van der Waals surface area contributed by atoms with Gasteiger partial charge in [0.1, 0.15) is 0 Å². The third-order valence-corrected chi connectivity index (χ3v) is 4.97. The van der Waals surface area contributed by atoms with Crippen LogP contribution in [0.15, 0.2) is 23.1 Å². The van der Waals surface area contributed by atoms with Crippen molar-refractivity contribution in [2.75, 3.05) is 19.6 Å². The molecule has 0 aromatic heterocycles. The third-order valence-electron chi connectivity index (χ3n) is 4.42. The van der Waals surface area contributed by atoms with Crippen molar-refractivity contribution < 1.29 is 0 Å². The number of rotatable bonds is 7. The molecule has 0 aromatic carbocycles. The summed E-state index contributed by atoms with van der Waals surface area (Å²) in [6.07, 6.45) is 7.58. The highest BCUT2D eigenvalue weighted by Gasteiger charge is 2.36. The van der Waals surface area contributed by atoms with E-state index >= 15 is 0 Å². The minimum atomic E-state index is -0.593. The van der Waals surface area contributed by atoms with Crippen molar-refractivity contribution in [3.63, 3.8) is 0 Å². The Hall–Kier alpha value is -1.27. The molecule has 0 bridgehead atoms. The molecule has 0 saturated carbocycles. The Morgan fingerprint density at radius 3 is 2.73 bits per heavy atom. The van der Waals surface area contributed by atoms with Crippen LogP contribution in [0.3, 0.4) is 0 Å². The molecule has 1 fully saturated rings. The Labute approximate surface area is 139 Å². The van der Waals surface area contributed by atoms with E-state index in [4.69, 9.17) is 11.0 Å². The first kappa shape index (κ1) is 18.8. The molecule has 0 spiro atoms. The second kappa shape index (κ2) is 9.00. The molecule has 1 aliphatic rings. The summed E-state index contributed by atoms with van der Waals surface area (Å²) in [5.41, 5.74) is 5.33. The van der Waals surface area contributed by atoms with E-state index in [9.17, 15) is 5.26 Å². The average molecular weight is 318 g/mol. The summed E-state index contributed by atoms with van der Waals surface area (Å²) < 4.78 is 0. The summed E-state index contributed by atoms with van der Waals surface area (Å²) in [4.78, 5) is 3.10. The number of thiol groups is 1. The Bertz CT molecular complexity index is 498. The molecule has 1 saturated heterocycles. The molecule has 0 amide bonds. The quantitative estimate of drug-likeness (QED) is 0.430. The summed E-state index contributed by atoms with van der Waals surface area (Å²) in [5, 5.41) is 18.3. The van der Waals surface area contributed by atoms with Crippen molar-refractivity contribution in [1.82, 2.24) is 4.90 Å². The van der Waals surface area contributed by atoms with Crippen LogP contribution >= 0.6 is 12.6 Å². The summed E-state index contributed by atoms with van der Waals surface area (Å²) in [5.74, 6) is 0.164. The van der Waals surface area contributed by atoms with Crippen LogP contribution in [0.2, 0.25) is 0 Å². The van der Waals surface area contributed by atoms with Crippen LogP contribution in [0.25, 0.3) is 0 Å². The van der Waals surface area contributed by atoms with Crippen molar-refractivity contribution in [2.24, 2.45) is 17.1 Å². The lowest BCUT2D eigenvalue weighted by Gasteiger charge is -2.32. The topological polar surface area (TPSA) is 76.8 Å². The van der Waals surface area contributed by atoms with E-state index in [0.717, 1.165) is 43.8 Å². The zero-order valence-corrected chi connectivity index (χ0v) is 14.4. The predicted molar refractivity (Wildman–Crippen MR) is 93.0 cm³/mol. The molecule has 1 heterocycles. The van der Waals surface area contributed by atoms with Crippen molar-refractivity contribution >= 4 is 12.6 Å². The largest absolute Gasteiger partial charge is 0.326 e. The Morgan fingerprint density at radius 2 is 2.23 bits per heavy atom. The van der Waals surface area contributed by atoms with Crippen molar-refractivity contribution in [3.8, 4) is 12.1 Å². The molecule has 0 aromatic rings. The molecule has 2 atom stereocenters. The molecule has 5 heteroatoms. The van der Waals surface area contributed by atoms with Crippen LogP contribution in [-0.4, -0.2) is 30.6 Å². The molecule has 2 N–H and O–H groups in total. The molecule has 0 radical (unpaired) electrons. The van der Waals surface area contributed by atoms with Gasteiger partial charge in [-0.2, -0.15) is 10.5 Å². The SMILES string of the molecule is CC(C)C(C#N)(CCCN1CCC(N)C1)/C(S)=C/C=C/C#N. The lowest BCUT2D eigenvalue weighted by atomic mass is 9.74. The Kier molecular flexibility index (Phi) is 7.68. The van der Waals surface area contributed by atoms with E-state index in [-0.39, 0.29) is 5.92 Å². The van der Waals surface area contributed by atoms with Gasteiger partial charge in [0.15, 0.2) is 0 Å². The van der Waals surface area contributed by atoms with Crippen molar-refractivity contribution in [1.29, 1.82) is 10.5 Å². The number of allylic oxidation sites excluding steroid dienone is 4.